The van der Waals surface area contributed by atoms with E-state index >= 15 is 0 Å². The highest BCUT2D eigenvalue weighted by atomic mass is 16.7. The van der Waals surface area contributed by atoms with Crippen molar-refractivity contribution in [3.8, 4) is 0 Å². The first-order valence-corrected chi connectivity index (χ1v) is 4.93. The van der Waals surface area contributed by atoms with Crippen molar-refractivity contribution >= 4 is 0 Å². The van der Waals surface area contributed by atoms with Crippen molar-refractivity contribution in [2.45, 2.75) is 50.7 Å². The third kappa shape index (κ3) is 2.87. The summed E-state index contributed by atoms with van der Waals surface area (Å²) in [6.45, 7) is 3.06. The minimum Gasteiger partial charge on any atom is -0.394 e. The Labute approximate surface area is 88.1 Å². The molecule has 0 aromatic rings. The zero-order valence-electron chi connectivity index (χ0n) is 8.78. The Kier molecular flexibility index (Phi) is 4.45. The van der Waals surface area contributed by atoms with Crippen LogP contribution in [0.2, 0.25) is 0 Å². The highest BCUT2D eigenvalue weighted by molar-refractivity contribution is 4.88. The van der Waals surface area contributed by atoms with Gasteiger partial charge in [-0.05, 0) is 13.8 Å². The van der Waals surface area contributed by atoms with Gasteiger partial charge in [0.05, 0.1) is 12.7 Å². The smallest absolute Gasteiger partial charge is 0.186 e. The summed E-state index contributed by atoms with van der Waals surface area (Å²) in [7, 11) is 0. The van der Waals surface area contributed by atoms with Crippen molar-refractivity contribution in [3.05, 3.63) is 0 Å². The molecule has 0 aliphatic carbocycles. The molecule has 1 rings (SSSR count). The summed E-state index contributed by atoms with van der Waals surface area (Å²) in [6.07, 6.45) is -6.15. The number of hydrogen-bond donors (Lipinski definition) is 4. The van der Waals surface area contributed by atoms with Gasteiger partial charge in [-0.25, -0.2) is 0 Å². The maximum atomic E-state index is 9.53. The van der Waals surface area contributed by atoms with E-state index in [-0.39, 0.29) is 6.10 Å². The molecule has 90 valence electrons. The molecule has 0 saturated carbocycles. The summed E-state index contributed by atoms with van der Waals surface area (Å²) >= 11 is 0. The fraction of sp³-hybridized carbons (Fsp3) is 1.00. The fourth-order valence-electron chi connectivity index (χ4n) is 1.45. The molecule has 4 N–H and O–H groups in total. The van der Waals surface area contributed by atoms with Crippen molar-refractivity contribution < 1.29 is 29.9 Å². The molecule has 1 saturated heterocycles. The molecule has 2 unspecified atom stereocenters. The average molecular weight is 222 g/mol. The van der Waals surface area contributed by atoms with Crippen molar-refractivity contribution in [2.24, 2.45) is 0 Å². The van der Waals surface area contributed by atoms with Crippen molar-refractivity contribution in [2.75, 3.05) is 6.61 Å². The van der Waals surface area contributed by atoms with Gasteiger partial charge in [-0.2, -0.15) is 0 Å². The minimum atomic E-state index is -1.38. The Morgan fingerprint density at radius 1 is 1.13 bits per heavy atom. The lowest BCUT2D eigenvalue weighted by atomic mass is 9.99. The van der Waals surface area contributed by atoms with Gasteiger partial charge in [-0.3, -0.25) is 0 Å². The third-order valence-corrected chi connectivity index (χ3v) is 2.25. The number of hydrogen-bond acceptors (Lipinski definition) is 6. The van der Waals surface area contributed by atoms with Crippen LogP contribution >= 0.6 is 0 Å². The van der Waals surface area contributed by atoms with Gasteiger partial charge in [0.15, 0.2) is 6.29 Å². The highest BCUT2D eigenvalue weighted by Gasteiger charge is 2.44. The Morgan fingerprint density at radius 2 is 1.73 bits per heavy atom. The van der Waals surface area contributed by atoms with Crippen LogP contribution in [0, 0.1) is 0 Å². The van der Waals surface area contributed by atoms with Crippen molar-refractivity contribution in [1.82, 2.24) is 0 Å². The molecule has 0 aromatic carbocycles. The third-order valence-electron chi connectivity index (χ3n) is 2.25. The first-order chi connectivity index (χ1) is 6.97. The molecular weight excluding hydrogens is 204 g/mol. The summed E-state index contributed by atoms with van der Waals surface area (Å²) in [5.74, 6) is 0. The van der Waals surface area contributed by atoms with E-state index in [0.717, 1.165) is 0 Å². The van der Waals surface area contributed by atoms with Gasteiger partial charge < -0.3 is 29.9 Å². The number of aliphatic hydroxyl groups excluding tert-OH is 4. The van der Waals surface area contributed by atoms with Crippen LogP contribution in [0.25, 0.3) is 0 Å². The largest absolute Gasteiger partial charge is 0.394 e. The standard InChI is InChI=1S/C9H18O6/c1-4(2)14-9-8(13)7(12)6(11)5(3-10)15-9/h4-13H,3H2,1-2H3/t5?,6-,7?,8+,9-/m1/s1. The summed E-state index contributed by atoms with van der Waals surface area (Å²) in [4.78, 5) is 0. The summed E-state index contributed by atoms with van der Waals surface area (Å²) in [5, 5.41) is 37.3. The lowest BCUT2D eigenvalue weighted by Crippen LogP contribution is -2.59. The van der Waals surface area contributed by atoms with E-state index in [2.05, 4.69) is 0 Å². The van der Waals surface area contributed by atoms with Crippen LogP contribution in [0.3, 0.4) is 0 Å². The molecule has 0 bridgehead atoms. The second kappa shape index (κ2) is 5.20. The van der Waals surface area contributed by atoms with Crippen LogP contribution in [0.15, 0.2) is 0 Å². The number of rotatable bonds is 3. The molecular formula is C9H18O6. The molecule has 1 aliphatic rings. The lowest BCUT2D eigenvalue weighted by molar-refractivity contribution is -0.308. The van der Waals surface area contributed by atoms with E-state index in [0.29, 0.717) is 0 Å². The quantitative estimate of drug-likeness (QED) is 0.450. The highest BCUT2D eigenvalue weighted by Crippen LogP contribution is 2.22. The van der Waals surface area contributed by atoms with Crippen LogP contribution in [0.5, 0.6) is 0 Å². The molecule has 0 spiro atoms. The molecule has 1 heterocycles. The first-order valence-electron chi connectivity index (χ1n) is 4.93. The van der Waals surface area contributed by atoms with Gasteiger partial charge in [0.2, 0.25) is 0 Å². The monoisotopic (exact) mass is 222 g/mol. The molecule has 6 heteroatoms. The van der Waals surface area contributed by atoms with E-state index < -0.39 is 37.3 Å². The lowest BCUT2D eigenvalue weighted by Gasteiger charge is -2.40. The normalized spacial score (nSPS) is 42.2. The van der Waals surface area contributed by atoms with Crippen LogP contribution in [0.1, 0.15) is 13.8 Å². The molecule has 0 aromatic heterocycles. The molecule has 0 amide bonds. The molecule has 1 aliphatic heterocycles. The van der Waals surface area contributed by atoms with Gasteiger partial charge in [-0.1, -0.05) is 0 Å². The number of ether oxygens (including phenoxy) is 2. The average Bonchev–Trinajstić information content (AvgIpc) is 2.18. The molecule has 6 nitrogen and oxygen atoms in total. The Morgan fingerprint density at radius 3 is 2.20 bits per heavy atom. The minimum absolute atomic E-state index is 0.188. The van der Waals surface area contributed by atoms with Gasteiger partial charge in [0, 0.05) is 0 Å². The predicted molar refractivity (Wildman–Crippen MR) is 50.0 cm³/mol. The van der Waals surface area contributed by atoms with Crippen LogP contribution < -0.4 is 0 Å². The van der Waals surface area contributed by atoms with E-state index in [9.17, 15) is 15.3 Å². The SMILES string of the molecule is CC(C)O[C@@H]1OC(CO)[C@@H](O)C(O)[C@@H]1O. The Balaban J connectivity index is 2.65. The summed E-state index contributed by atoms with van der Waals surface area (Å²) in [6, 6.07) is 0. The fourth-order valence-corrected chi connectivity index (χ4v) is 1.45. The second-order valence-corrected chi connectivity index (χ2v) is 3.88. The summed E-state index contributed by atoms with van der Waals surface area (Å²) < 4.78 is 10.3. The Bertz CT molecular complexity index is 195. The van der Waals surface area contributed by atoms with E-state index in [1.54, 1.807) is 13.8 Å². The zero-order chi connectivity index (χ0) is 11.6. The van der Waals surface area contributed by atoms with E-state index in [4.69, 9.17) is 14.6 Å². The van der Waals surface area contributed by atoms with Crippen LogP contribution in [-0.4, -0.2) is 63.8 Å². The van der Waals surface area contributed by atoms with Crippen molar-refractivity contribution in [3.63, 3.8) is 0 Å². The molecule has 15 heavy (non-hydrogen) atoms. The van der Waals surface area contributed by atoms with E-state index in [1.807, 2.05) is 0 Å². The van der Waals surface area contributed by atoms with Gasteiger partial charge in [0.1, 0.15) is 24.4 Å². The maximum Gasteiger partial charge on any atom is 0.186 e. The van der Waals surface area contributed by atoms with Crippen LogP contribution in [-0.2, 0) is 9.47 Å². The zero-order valence-corrected chi connectivity index (χ0v) is 8.78. The van der Waals surface area contributed by atoms with Gasteiger partial charge in [0.25, 0.3) is 0 Å². The second-order valence-electron chi connectivity index (χ2n) is 3.88. The maximum absolute atomic E-state index is 9.53. The van der Waals surface area contributed by atoms with Gasteiger partial charge >= 0.3 is 0 Å². The topological polar surface area (TPSA) is 99.4 Å². The van der Waals surface area contributed by atoms with Gasteiger partial charge in [-0.15, -0.1) is 0 Å². The molecule has 1 fully saturated rings. The summed E-state index contributed by atoms with van der Waals surface area (Å²) in [5.41, 5.74) is 0. The Hall–Kier alpha value is -0.240. The van der Waals surface area contributed by atoms with Crippen molar-refractivity contribution in [1.29, 1.82) is 0 Å². The van der Waals surface area contributed by atoms with E-state index in [1.165, 1.54) is 0 Å². The first kappa shape index (κ1) is 12.8. The molecule has 0 radical (unpaired) electrons. The molecule has 5 atom stereocenters. The number of aliphatic hydroxyl groups is 4. The predicted octanol–water partition coefficient (Wildman–Crippen LogP) is -1.79. The van der Waals surface area contributed by atoms with Crippen LogP contribution in [0.4, 0.5) is 0 Å².